The molecule has 1 aliphatic heterocycles. The van der Waals surface area contributed by atoms with Gasteiger partial charge in [0, 0.05) is 24.3 Å². The van der Waals surface area contributed by atoms with Crippen molar-refractivity contribution >= 4 is 23.8 Å². The third-order valence-electron chi connectivity index (χ3n) is 4.11. The molecule has 7 heteroatoms. The van der Waals surface area contributed by atoms with E-state index >= 15 is 0 Å². The van der Waals surface area contributed by atoms with Crippen LogP contribution >= 0.6 is 11.8 Å². The number of hydrogen-bond acceptors (Lipinski definition) is 4. The maximum Gasteiger partial charge on any atom is 0.326 e. The molecule has 1 aliphatic carbocycles. The van der Waals surface area contributed by atoms with Crippen LogP contribution in [0.25, 0.3) is 0 Å². The quantitative estimate of drug-likeness (QED) is 0.720. The summed E-state index contributed by atoms with van der Waals surface area (Å²) in [5, 5.41) is 22.2. The van der Waals surface area contributed by atoms with Crippen LogP contribution in [0, 0.1) is 0 Å². The number of nitrogens with one attached hydrogen (secondary N) is 1. The first-order chi connectivity index (χ1) is 9.51. The molecule has 0 spiro atoms. The molecular weight excluding hydrogens is 280 g/mol. The van der Waals surface area contributed by atoms with Crippen LogP contribution in [-0.2, 0) is 4.79 Å². The molecule has 114 valence electrons. The summed E-state index contributed by atoms with van der Waals surface area (Å²) in [7, 11) is 0. The van der Waals surface area contributed by atoms with E-state index in [-0.39, 0.29) is 25.0 Å². The van der Waals surface area contributed by atoms with Gasteiger partial charge in [0.05, 0.1) is 6.10 Å². The second-order valence-corrected chi connectivity index (χ2v) is 6.70. The summed E-state index contributed by atoms with van der Waals surface area (Å²) in [6, 6.07) is -1.16. The van der Waals surface area contributed by atoms with E-state index in [0.717, 1.165) is 19.3 Å². The molecule has 2 amide bonds. The average molecular weight is 302 g/mol. The summed E-state index contributed by atoms with van der Waals surface area (Å²) in [6.45, 7) is 0.0987. The monoisotopic (exact) mass is 302 g/mol. The maximum atomic E-state index is 12.2. The molecule has 1 heterocycles. The standard InChI is InChI=1S/C13H22N2O4S/c1-20-10-4-2-3-8(5-10)14-13(19)15-7-9(16)6-11(15)12(17)18/h8-11,16H,2-7H2,1H3,(H,14,19)(H,17,18)/t8?,9-,10?,11-/m1/s1. The zero-order chi connectivity index (χ0) is 14.7. The van der Waals surface area contributed by atoms with E-state index in [1.54, 1.807) is 0 Å². The molecule has 2 fully saturated rings. The van der Waals surface area contributed by atoms with Crippen molar-refractivity contribution in [3.8, 4) is 0 Å². The number of carboxylic acids is 1. The number of likely N-dealkylation sites (tertiary alicyclic amines) is 1. The summed E-state index contributed by atoms with van der Waals surface area (Å²) in [4.78, 5) is 24.6. The molecular formula is C13H22N2O4S. The lowest BCUT2D eigenvalue weighted by atomic mass is 9.95. The smallest absolute Gasteiger partial charge is 0.326 e. The Labute approximate surface area is 122 Å². The van der Waals surface area contributed by atoms with Crippen LogP contribution in [0.4, 0.5) is 4.79 Å². The van der Waals surface area contributed by atoms with Crippen LogP contribution in [0.15, 0.2) is 0 Å². The predicted octanol–water partition coefficient (Wildman–Crippen LogP) is 0.890. The molecule has 2 rings (SSSR count). The van der Waals surface area contributed by atoms with Crippen molar-refractivity contribution in [1.29, 1.82) is 0 Å². The van der Waals surface area contributed by atoms with E-state index in [1.165, 1.54) is 11.3 Å². The van der Waals surface area contributed by atoms with Crippen molar-refractivity contribution in [2.75, 3.05) is 12.8 Å². The normalized spacial score (nSPS) is 34.0. The lowest BCUT2D eigenvalue weighted by molar-refractivity contribution is -0.141. The van der Waals surface area contributed by atoms with Gasteiger partial charge in [0.1, 0.15) is 6.04 Å². The van der Waals surface area contributed by atoms with E-state index in [4.69, 9.17) is 5.11 Å². The lowest BCUT2D eigenvalue weighted by Gasteiger charge is -2.31. The number of hydrogen-bond donors (Lipinski definition) is 3. The number of amides is 2. The number of nitrogens with zero attached hydrogens (tertiary/aromatic N) is 1. The van der Waals surface area contributed by atoms with Gasteiger partial charge in [-0.1, -0.05) is 6.42 Å². The summed E-state index contributed by atoms with van der Waals surface area (Å²) < 4.78 is 0. The summed E-state index contributed by atoms with van der Waals surface area (Å²) >= 11 is 1.82. The maximum absolute atomic E-state index is 12.2. The van der Waals surface area contributed by atoms with Gasteiger partial charge >= 0.3 is 12.0 Å². The van der Waals surface area contributed by atoms with Gasteiger partial charge in [-0.15, -0.1) is 0 Å². The summed E-state index contributed by atoms with van der Waals surface area (Å²) in [6.07, 6.45) is 5.58. The van der Waals surface area contributed by atoms with Crippen molar-refractivity contribution < 1.29 is 19.8 Å². The molecule has 1 saturated heterocycles. The Hall–Kier alpha value is -0.950. The molecule has 20 heavy (non-hydrogen) atoms. The van der Waals surface area contributed by atoms with Gasteiger partial charge in [-0.05, 0) is 25.5 Å². The second kappa shape index (κ2) is 6.67. The van der Waals surface area contributed by atoms with Gasteiger partial charge in [-0.3, -0.25) is 0 Å². The highest BCUT2D eigenvalue weighted by molar-refractivity contribution is 7.99. The summed E-state index contributed by atoms with van der Waals surface area (Å²) in [5.74, 6) is -1.05. The number of β-amino-alcohol motifs (C(OH)–C–C–N with tert-alkyl or cyclic N) is 1. The van der Waals surface area contributed by atoms with E-state index in [9.17, 15) is 14.7 Å². The first-order valence-electron chi connectivity index (χ1n) is 7.02. The fourth-order valence-electron chi connectivity index (χ4n) is 3.02. The van der Waals surface area contributed by atoms with Gasteiger partial charge in [-0.2, -0.15) is 11.8 Å². The zero-order valence-corrected chi connectivity index (χ0v) is 12.4. The minimum atomic E-state index is -1.05. The number of carbonyl (C=O) groups excluding carboxylic acids is 1. The average Bonchev–Trinajstić information content (AvgIpc) is 2.81. The van der Waals surface area contributed by atoms with Gasteiger partial charge in [0.15, 0.2) is 0 Å². The van der Waals surface area contributed by atoms with E-state index < -0.39 is 18.1 Å². The van der Waals surface area contributed by atoms with E-state index in [2.05, 4.69) is 11.6 Å². The third-order valence-corrected chi connectivity index (χ3v) is 5.21. The van der Waals surface area contributed by atoms with Gasteiger partial charge in [0.2, 0.25) is 0 Å². The molecule has 2 unspecified atom stereocenters. The number of rotatable bonds is 3. The van der Waals surface area contributed by atoms with Crippen LogP contribution in [0.1, 0.15) is 32.1 Å². The van der Waals surface area contributed by atoms with Gasteiger partial charge < -0.3 is 20.4 Å². The van der Waals surface area contributed by atoms with Crippen molar-refractivity contribution in [1.82, 2.24) is 10.2 Å². The zero-order valence-electron chi connectivity index (χ0n) is 11.6. The number of carbonyl (C=O) groups is 2. The minimum absolute atomic E-state index is 0.0987. The topological polar surface area (TPSA) is 89.9 Å². The highest BCUT2D eigenvalue weighted by Crippen LogP contribution is 2.27. The molecule has 0 bridgehead atoms. The van der Waals surface area contributed by atoms with Crippen molar-refractivity contribution in [2.45, 2.75) is 55.5 Å². The minimum Gasteiger partial charge on any atom is -0.480 e. The number of thioether (sulfide) groups is 1. The molecule has 4 atom stereocenters. The molecule has 2 aliphatic rings. The van der Waals surface area contributed by atoms with E-state index in [1.807, 2.05) is 11.8 Å². The highest BCUT2D eigenvalue weighted by Gasteiger charge is 2.39. The predicted molar refractivity (Wildman–Crippen MR) is 76.8 cm³/mol. The number of aliphatic hydroxyl groups is 1. The lowest BCUT2D eigenvalue weighted by Crippen LogP contribution is -2.50. The number of carboxylic acid groups (broad SMARTS) is 1. The Morgan fingerprint density at radius 3 is 2.70 bits per heavy atom. The second-order valence-electron chi connectivity index (χ2n) is 5.57. The molecule has 0 radical (unpaired) electrons. The van der Waals surface area contributed by atoms with Crippen LogP contribution in [-0.4, -0.2) is 63.4 Å². The Balaban J connectivity index is 1.92. The molecule has 1 saturated carbocycles. The third kappa shape index (κ3) is 3.58. The Kier molecular flexibility index (Phi) is 5.15. The van der Waals surface area contributed by atoms with Crippen LogP contribution < -0.4 is 5.32 Å². The first-order valence-corrected chi connectivity index (χ1v) is 8.31. The van der Waals surface area contributed by atoms with Crippen LogP contribution in [0.3, 0.4) is 0 Å². The molecule has 0 aromatic rings. The van der Waals surface area contributed by atoms with Gasteiger partial charge in [0.25, 0.3) is 0 Å². The highest BCUT2D eigenvalue weighted by atomic mass is 32.2. The largest absolute Gasteiger partial charge is 0.480 e. The van der Waals surface area contributed by atoms with Crippen LogP contribution in [0.5, 0.6) is 0 Å². The Bertz CT molecular complexity index is 379. The number of aliphatic hydroxyl groups excluding tert-OH is 1. The summed E-state index contributed by atoms with van der Waals surface area (Å²) in [5.41, 5.74) is 0. The molecule has 0 aromatic heterocycles. The van der Waals surface area contributed by atoms with Crippen molar-refractivity contribution in [3.05, 3.63) is 0 Å². The fourth-order valence-corrected chi connectivity index (χ4v) is 3.85. The van der Waals surface area contributed by atoms with Crippen molar-refractivity contribution in [2.24, 2.45) is 0 Å². The molecule has 3 N–H and O–H groups in total. The molecule has 6 nitrogen and oxygen atoms in total. The van der Waals surface area contributed by atoms with Gasteiger partial charge in [-0.25, -0.2) is 9.59 Å². The molecule has 0 aromatic carbocycles. The number of aliphatic carboxylic acids is 1. The SMILES string of the molecule is CSC1CCCC(NC(=O)N2C[C@H](O)C[C@@H]2C(=O)O)C1. The van der Waals surface area contributed by atoms with Crippen LogP contribution in [0.2, 0.25) is 0 Å². The fraction of sp³-hybridized carbons (Fsp3) is 0.846. The van der Waals surface area contributed by atoms with Crippen molar-refractivity contribution in [3.63, 3.8) is 0 Å². The number of urea groups is 1. The Morgan fingerprint density at radius 2 is 2.05 bits per heavy atom. The van der Waals surface area contributed by atoms with E-state index in [0.29, 0.717) is 5.25 Å². The first kappa shape index (κ1) is 15.4. The Morgan fingerprint density at radius 1 is 1.30 bits per heavy atom.